The molecule has 10 heteroatoms. The summed E-state index contributed by atoms with van der Waals surface area (Å²) < 4.78 is 16.5. The highest BCUT2D eigenvalue weighted by Gasteiger charge is 2.27. The van der Waals surface area contributed by atoms with Gasteiger partial charge in [0.1, 0.15) is 12.4 Å². The first-order chi connectivity index (χ1) is 22.4. The van der Waals surface area contributed by atoms with Gasteiger partial charge >= 0.3 is 0 Å². The van der Waals surface area contributed by atoms with E-state index >= 15 is 0 Å². The summed E-state index contributed by atoms with van der Waals surface area (Å²) in [5, 5.41) is 3.51. The van der Waals surface area contributed by atoms with Crippen molar-refractivity contribution < 1.29 is 23.8 Å². The summed E-state index contributed by atoms with van der Waals surface area (Å²) in [4.78, 5) is 33.8. The van der Waals surface area contributed by atoms with Crippen molar-refractivity contribution in [3.63, 3.8) is 0 Å². The van der Waals surface area contributed by atoms with Gasteiger partial charge in [-0.05, 0) is 67.3 Å². The molecule has 5 rings (SSSR count). The molecular weight excluding hydrogens is 600 g/mol. The highest BCUT2D eigenvalue weighted by Crippen LogP contribution is 2.36. The second-order valence-corrected chi connectivity index (χ2v) is 11.7. The lowest BCUT2D eigenvalue weighted by Crippen LogP contribution is -2.29. The van der Waals surface area contributed by atoms with Crippen molar-refractivity contribution in [3.05, 3.63) is 93.9 Å². The smallest absolute Gasteiger partial charge is 0.258 e. The molecule has 1 aliphatic rings. The molecule has 3 N–H and O–H groups in total. The summed E-state index contributed by atoms with van der Waals surface area (Å²) >= 11 is 1.45. The lowest BCUT2D eigenvalue weighted by atomic mass is 10.0. The number of rotatable bonds is 14. The summed E-state index contributed by atoms with van der Waals surface area (Å²) in [5.74, 6) is 0.555. The number of nitrogens with one attached hydrogen (secondary N) is 1. The molecule has 2 heterocycles. The fourth-order valence-corrected chi connectivity index (χ4v) is 6.01. The molecule has 0 atom stereocenters. The van der Waals surface area contributed by atoms with Crippen LogP contribution in [0.3, 0.4) is 0 Å². The molecule has 46 heavy (non-hydrogen) atoms. The zero-order chi connectivity index (χ0) is 32.9. The van der Waals surface area contributed by atoms with Gasteiger partial charge in [-0.25, -0.2) is 4.98 Å². The molecule has 0 saturated carbocycles. The van der Waals surface area contributed by atoms with Crippen LogP contribution in [0.4, 0.5) is 10.8 Å². The van der Waals surface area contributed by atoms with Crippen molar-refractivity contribution >= 4 is 34.0 Å². The maximum absolute atomic E-state index is 13.3. The molecular formula is C36H44N4O5S. The van der Waals surface area contributed by atoms with Crippen LogP contribution in [-0.4, -0.2) is 62.9 Å². The van der Waals surface area contributed by atoms with Gasteiger partial charge in [0.15, 0.2) is 5.13 Å². The predicted octanol–water partition coefficient (Wildman–Crippen LogP) is 6.21. The minimum Gasteiger partial charge on any atom is -0.491 e. The van der Waals surface area contributed by atoms with Gasteiger partial charge in [-0.3, -0.25) is 9.59 Å². The van der Waals surface area contributed by atoms with Gasteiger partial charge in [-0.1, -0.05) is 50.2 Å². The van der Waals surface area contributed by atoms with E-state index in [1.165, 1.54) is 11.3 Å². The third-order valence-corrected chi connectivity index (χ3v) is 8.19. The summed E-state index contributed by atoms with van der Waals surface area (Å²) in [6.45, 7) is 11.5. The maximum Gasteiger partial charge on any atom is 0.258 e. The molecule has 9 nitrogen and oxygen atoms in total. The van der Waals surface area contributed by atoms with E-state index in [0.29, 0.717) is 57.0 Å². The van der Waals surface area contributed by atoms with Crippen LogP contribution in [0, 0.1) is 13.8 Å². The van der Waals surface area contributed by atoms with Crippen LogP contribution in [0.1, 0.15) is 45.8 Å². The zero-order valence-electron chi connectivity index (χ0n) is 27.1. The number of aryl methyl sites for hydroxylation is 2. The van der Waals surface area contributed by atoms with Gasteiger partial charge in [-0.15, -0.1) is 11.3 Å². The Morgan fingerprint density at radius 3 is 2.48 bits per heavy atom. The first-order valence-corrected chi connectivity index (χ1v) is 16.6. The Labute approximate surface area is 275 Å². The standard InChI is InChI=1S/C34H38N4O5S.C2H6/c1-23-6-3-4-9-29(23)33(40)38-14-12-26-22-27(10-11-30(26)38)32-24(2)44-34(37-32)36-31(39)21-25-7-5-8-28(20-25)43-19-18-42-17-16-41-15-13-35;1-2/h3-11,20,22H,12-19,21,35H2,1-2H3,(H,36,37,39);1-2H3. The number of amides is 2. The van der Waals surface area contributed by atoms with Crippen molar-refractivity contribution in [1.29, 1.82) is 0 Å². The van der Waals surface area contributed by atoms with Crippen molar-refractivity contribution in [2.75, 3.05) is 56.3 Å². The summed E-state index contributed by atoms with van der Waals surface area (Å²) in [6.07, 6.45) is 0.983. The van der Waals surface area contributed by atoms with E-state index in [2.05, 4.69) is 11.4 Å². The summed E-state index contributed by atoms with van der Waals surface area (Å²) in [6, 6.07) is 21.3. The van der Waals surface area contributed by atoms with Crippen LogP contribution in [0.5, 0.6) is 5.75 Å². The number of fused-ring (bicyclic) bond motifs is 1. The van der Waals surface area contributed by atoms with Crippen LogP contribution in [0.25, 0.3) is 11.3 Å². The van der Waals surface area contributed by atoms with E-state index in [1.807, 2.05) is 93.3 Å². The van der Waals surface area contributed by atoms with Gasteiger partial charge in [0.2, 0.25) is 5.91 Å². The van der Waals surface area contributed by atoms with Crippen molar-refractivity contribution in [3.8, 4) is 17.0 Å². The Hall–Kier alpha value is -4.09. The highest BCUT2D eigenvalue weighted by atomic mass is 32.1. The lowest BCUT2D eigenvalue weighted by Gasteiger charge is -2.18. The molecule has 1 aliphatic heterocycles. The fourth-order valence-electron chi connectivity index (χ4n) is 5.15. The molecule has 3 aromatic carbocycles. The molecule has 4 aromatic rings. The molecule has 1 aromatic heterocycles. The van der Waals surface area contributed by atoms with Crippen molar-refractivity contribution in [2.45, 2.75) is 40.5 Å². The Balaban J connectivity index is 0.00000235. The van der Waals surface area contributed by atoms with Gasteiger partial charge < -0.3 is 30.2 Å². The normalized spacial score (nSPS) is 11.9. The number of hydrogen-bond donors (Lipinski definition) is 2. The largest absolute Gasteiger partial charge is 0.491 e. The number of anilines is 2. The summed E-state index contributed by atoms with van der Waals surface area (Å²) in [5.41, 5.74) is 11.8. The third-order valence-electron chi connectivity index (χ3n) is 7.31. The van der Waals surface area contributed by atoms with Gasteiger partial charge in [-0.2, -0.15) is 0 Å². The molecule has 0 bridgehead atoms. The molecule has 2 amide bonds. The van der Waals surface area contributed by atoms with Gasteiger partial charge in [0, 0.05) is 34.8 Å². The van der Waals surface area contributed by atoms with E-state index in [0.717, 1.165) is 50.5 Å². The number of aromatic nitrogens is 1. The third kappa shape index (κ3) is 9.23. The van der Waals surface area contributed by atoms with Crippen LogP contribution >= 0.6 is 11.3 Å². The quantitative estimate of drug-likeness (QED) is 0.157. The van der Waals surface area contributed by atoms with Crippen LogP contribution in [-0.2, 0) is 27.1 Å². The number of thiazole rings is 1. The second kappa shape index (κ2) is 17.6. The molecule has 0 spiro atoms. The Morgan fingerprint density at radius 2 is 1.70 bits per heavy atom. The van der Waals surface area contributed by atoms with E-state index in [-0.39, 0.29) is 18.2 Å². The SMILES string of the molecule is CC.Cc1ccccc1C(=O)N1CCc2cc(-c3nc(NC(=O)Cc4cccc(OCCOCCOCCN)c4)sc3C)ccc21. The number of carbonyl (C=O) groups is 2. The fraction of sp³-hybridized carbons (Fsp3) is 0.361. The number of benzene rings is 3. The number of ether oxygens (including phenoxy) is 3. The van der Waals surface area contributed by atoms with E-state index in [4.69, 9.17) is 24.9 Å². The molecule has 0 saturated heterocycles. The molecule has 0 radical (unpaired) electrons. The molecule has 244 valence electrons. The minimum absolute atomic E-state index is 0.0239. The first-order valence-electron chi connectivity index (χ1n) is 15.8. The first kappa shape index (κ1) is 34.8. The number of hydrogen-bond acceptors (Lipinski definition) is 8. The number of carbonyl (C=O) groups excluding carboxylic acids is 2. The van der Waals surface area contributed by atoms with E-state index in [1.54, 1.807) is 0 Å². The zero-order valence-corrected chi connectivity index (χ0v) is 28.0. The lowest BCUT2D eigenvalue weighted by molar-refractivity contribution is -0.115. The van der Waals surface area contributed by atoms with Crippen molar-refractivity contribution in [2.24, 2.45) is 5.73 Å². The van der Waals surface area contributed by atoms with Crippen LogP contribution < -0.4 is 20.7 Å². The number of nitrogens with two attached hydrogens (primary N) is 1. The second-order valence-electron chi connectivity index (χ2n) is 10.5. The monoisotopic (exact) mass is 644 g/mol. The molecule has 0 aliphatic carbocycles. The average Bonchev–Trinajstić information content (AvgIpc) is 3.65. The van der Waals surface area contributed by atoms with Gasteiger partial charge in [0.05, 0.1) is 38.5 Å². The molecule has 0 fully saturated rings. The Kier molecular flexibility index (Phi) is 13.3. The van der Waals surface area contributed by atoms with Crippen LogP contribution in [0.2, 0.25) is 0 Å². The topological polar surface area (TPSA) is 116 Å². The van der Waals surface area contributed by atoms with E-state index in [9.17, 15) is 9.59 Å². The Bertz CT molecular complexity index is 1610. The maximum atomic E-state index is 13.3. The minimum atomic E-state index is -0.150. The highest BCUT2D eigenvalue weighted by molar-refractivity contribution is 7.16. The van der Waals surface area contributed by atoms with Crippen LogP contribution in [0.15, 0.2) is 66.7 Å². The van der Waals surface area contributed by atoms with Crippen molar-refractivity contribution in [1.82, 2.24) is 4.98 Å². The summed E-state index contributed by atoms with van der Waals surface area (Å²) in [7, 11) is 0. The number of nitrogens with zero attached hydrogens (tertiary/aromatic N) is 2. The van der Waals surface area contributed by atoms with E-state index < -0.39 is 0 Å². The van der Waals surface area contributed by atoms with Gasteiger partial charge in [0.25, 0.3) is 5.91 Å². The average molecular weight is 645 g/mol. The Morgan fingerprint density at radius 1 is 0.935 bits per heavy atom. The molecule has 0 unspecified atom stereocenters. The predicted molar refractivity (Wildman–Crippen MR) is 185 cm³/mol.